The standard InChI is InChI=1S/C25H24Cl2N4O3.2HNO3/c1-2-31-17-29-12-24(31)18-3-6-20(7-4-18)32-13-21-14-33-25(34-21,15-30-10-9-28-16-30)22-8-5-19(26)11-23(22)27;2*2-1(3)4/h3-12,16-17,21H,2,13-15H2,1H3;2*(H,2,3,4)/t21-,25-;;/m1../s1. The fraction of sp³-hybridized carbons (Fsp3) is 0.280. The van der Waals surface area contributed by atoms with E-state index >= 15 is 0 Å². The normalized spacial score (nSPS) is 17.4. The number of rotatable bonds is 8. The number of imidazole rings is 2. The van der Waals surface area contributed by atoms with Crippen molar-refractivity contribution in [2.75, 3.05) is 13.2 Å². The summed E-state index contributed by atoms with van der Waals surface area (Å²) in [5, 5.41) is 28.3. The molecule has 2 N–H and O–H groups in total. The largest absolute Gasteiger partial charge is 0.491 e. The average Bonchev–Trinajstić information content (AvgIpc) is 3.69. The van der Waals surface area contributed by atoms with Crippen LogP contribution in [0.1, 0.15) is 12.5 Å². The highest BCUT2D eigenvalue weighted by atomic mass is 35.5. The third-order valence-corrected chi connectivity index (χ3v) is 6.34. The third-order valence-electron chi connectivity index (χ3n) is 5.79. The highest BCUT2D eigenvalue weighted by Gasteiger charge is 2.45. The number of benzene rings is 2. The zero-order valence-electron chi connectivity index (χ0n) is 22.0. The van der Waals surface area contributed by atoms with Crippen LogP contribution in [0.2, 0.25) is 10.0 Å². The molecule has 2 aromatic heterocycles. The maximum Gasteiger partial charge on any atom is 0.291 e. The van der Waals surface area contributed by atoms with Crippen LogP contribution in [-0.2, 0) is 28.4 Å². The summed E-state index contributed by atoms with van der Waals surface area (Å²) in [7, 11) is 0. The molecule has 2 aromatic carbocycles. The molecule has 0 saturated carbocycles. The van der Waals surface area contributed by atoms with Crippen molar-refractivity contribution < 1.29 is 34.8 Å². The topological polar surface area (TPSA) is 190 Å². The molecular weight excluding hydrogens is 599 g/mol. The maximum absolute atomic E-state index is 8.36. The van der Waals surface area contributed by atoms with Crippen LogP contribution in [0.4, 0.5) is 0 Å². The Hall–Kier alpha value is -4.44. The molecule has 3 heterocycles. The van der Waals surface area contributed by atoms with Gasteiger partial charge in [-0.15, -0.1) is 20.2 Å². The van der Waals surface area contributed by atoms with Gasteiger partial charge in [-0.1, -0.05) is 29.3 Å². The first-order valence-electron chi connectivity index (χ1n) is 12.2. The SMILES string of the molecule is CCn1cncc1-c1ccc(OC[C@@H]2CO[C@@](Cn3ccnc3)(c3ccc(Cl)cc3Cl)O2)cc1.O=[N+]([O-])O.O=[N+]([O-])O. The summed E-state index contributed by atoms with van der Waals surface area (Å²) in [6, 6.07) is 13.3. The lowest BCUT2D eigenvalue weighted by molar-refractivity contribution is -0.742. The van der Waals surface area contributed by atoms with Gasteiger partial charge in [-0.3, -0.25) is 0 Å². The van der Waals surface area contributed by atoms with Gasteiger partial charge in [0.1, 0.15) is 18.5 Å². The second-order valence-corrected chi connectivity index (χ2v) is 9.38. The van der Waals surface area contributed by atoms with Crippen molar-refractivity contribution in [1.29, 1.82) is 0 Å². The van der Waals surface area contributed by atoms with Crippen LogP contribution >= 0.6 is 23.2 Å². The van der Waals surface area contributed by atoms with Gasteiger partial charge in [-0.2, -0.15) is 0 Å². The van der Waals surface area contributed by atoms with Crippen molar-refractivity contribution in [3.63, 3.8) is 0 Å². The first-order chi connectivity index (χ1) is 20.0. The Kier molecular flexibility index (Phi) is 11.4. The monoisotopic (exact) mass is 624 g/mol. The lowest BCUT2D eigenvalue weighted by Crippen LogP contribution is -2.34. The van der Waals surface area contributed by atoms with Gasteiger partial charge in [0.2, 0.25) is 5.79 Å². The minimum absolute atomic E-state index is 0.281. The van der Waals surface area contributed by atoms with E-state index in [9.17, 15) is 0 Å². The summed E-state index contributed by atoms with van der Waals surface area (Å²) in [4.78, 5) is 25.1. The molecule has 2 atom stereocenters. The zero-order chi connectivity index (χ0) is 30.7. The second-order valence-electron chi connectivity index (χ2n) is 8.54. The van der Waals surface area contributed by atoms with E-state index in [0.717, 1.165) is 23.6 Å². The first-order valence-corrected chi connectivity index (χ1v) is 12.9. The van der Waals surface area contributed by atoms with Crippen LogP contribution in [0.3, 0.4) is 0 Å². The smallest absolute Gasteiger partial charge is 0.291 e. The second kappa shape index (κ2) is 15.0. The number of halogens is 2. The Balaban J connectivity index is 0.000000540. The van der Waals surface area contributed by atoms with Crippen molar-refractivity contribution in [2.45, 2.75) is 31.9 Å². The van der Waals surface area contributed by atoms with E-state index in [1.54, 1.807) is 24.7 Å². The first kappa shape index (κ1) is 32.1. The maximum atomic E-state index is 8.36. The average molecular weight is 625 g/mol. The summed E-state index contributed by atoms with van der Waals surface area (Å²) in [6.45, 7) is 4.05. The Labute approximate surface area is 248 Å². The molecule has 0 radical (unpaired) electrons. The van der Waals surface area contributed by atoms with Crippen molar-refractivity contribution in [3.05, 3.63) is 110 Å². The van der Waals surface area contributed by atoms with E-state index in [2.05, 4.69) is 21.5 Å². The number of nitrogens with zero attached hydrogens (tertiary/aromatic N) is 6. The van der Waals surface area contributed by atoms with Crippen LogP contribution in [0.25, 0.3) is 11.3 Å². The van der Waals surface area contributed by atoms with Gasteiger partial charge < -0.3 is 33.8 Å². The molecule has 17 heteroatoms. The van der Waals surface area contributed by atoms with Gasteiger partial charge in [0.25, 0.3) is 10.2 Å². The molecule has 224 valence electrons. The molecule has 15 nitrogen and oxygen atoms in total. The summed E-state index contributed by atoms with van der Waals surface area (Å²) >= 11 is 12.6. The lowest BCUT2D eigenvalue weighted by atomic mass is 10.1. The van der Waals surface area contributed by atoms with E-state index in [4.69, 9.17) is 68.1 Å². The number of ether oxygens (including phenoxy) is 3. The molecule has 1 fully saturated rings. The van der Waals surface area contributed by atoms with Gasteiger partial charge in [-0.05, 0) is 43.3 Å². The van der Waals surface area contributed by atoms with Gasteiger partial charge in [0, 0.05) is 35.1 Å². The van der Waals surface area contributed by atoms with E-state index in [1.165, 1.54) is 0 Å². The van der Waals surface area contributed by atoms with Gasteiger partial charge in [-0.25, -0.2) is 9.97 Å². The molecule has 4 aromatic rings. The predicted octanol–water partition coefficient (Wildman–Crippen LogP) is 4.73. The van der Waals surface area contributed by atoms with Crippen molar-refractivity contribution in [3.8, 4) is 17.0 Å². The summed E-state index contributed by atoms with van der Waals surface area (Å²) in [5.74, 6) is -0.315. The van der Waals surface area contributed by atoms with Crippen LogP contribution in [-0.4, -0.2) is 59.0 Å². The van der Waals surface area contributed by atoms with E-state index in [0.29, 0.717) is 35.4 Å². The van der Waals surface area contributed by atoms with E-state index in [1.807, 2.05) is 53.6 Å². The fourth-order valence-corrected chi connectivity index (χ4v) is 4.65. The molecule has 0 spiro atoms. The fourth-order valence-electron chi connectivity index (χ4n) is 4.10. The molecule has 1 aliphatic rings. The van der Waals surface area contributed by atoms with Crippen molar-refractivity contribution in [2.24, 2.45) is 0 Å². The quantitative estimate of drug-likeness (QED) is 0.203. The Bertz CT molecular complexity index is 1430. The molecule has 1 saturated heterocycles. The highest BCUT2D eigenvalue weighted by molar-refractivity contribution is 6.35. The van der Waals surface area contributed by atoms with E-state index < -0.39 is 16.0 Å². The molecule has 42 heavy (non-hydrogen) atoms. The van der Waals surface area contributed by atoms with Crippen molar-refractivity contribution in [1.82, 2.24) is 19.1 Å². The van der Waals surface area contributed by atoms with Crippen molar-refractivity contribution >= 4 is 23.2 Å². The molecule has 0 aliphatic carbocycles. The number of hydrogen-bond acceptors (Lipinski definition) is 9. The molecule has 5 rings (SSSR count). The Morgan fingerprint density at radius 2 is 1.79 bits per heavy atom. The van der Waals surface area contributed by atoms with Crippen LogP contribution in [0, 0.1) is 20.2 Å². The number of aryl methyl sites for hydroxylation is 1. The number of aromatic nitrogens is 4. The zero-order valence-corrected chi connectivity index (χ0v) is 23.5. The van der Waals surface area contributed by atoms with Crippen LogP contribution in [0.5, 0.6) is 5.75 Å². The lowest BCUT2D eigenvalue weighted by Gasteiger charge is -2.30. The Morgan fingerprint density at radius 1 is 1.10 bits per heavy atom. The minimum Gasteiger partial charge on any atom is -0.491 e. The summed E-state index contributed by atoms with van der Waals surface area (Å²) < 4.78 is 22.7. The number of hydrogen-bond donors (Lipinski definition) is 2. The van der Waals surface area contributed by atoms with Crippen LogP contribution in [0.15, 0.2) is 73.7 Å². The highest BCUT2D eigenvalue weighted by Crippen LogP contribution is 2.40. The van der Waals surface area contributed by atoms with Gasteiger partial charge in [0.05, 0.1) is 42.7 Å². The van der Waals surface area contributed by atoms with E-state index in [-0.39, 0.29) is 6.10 Å². The summed E-state index contributed by atoms with van der Waals surface area (Å²) in [5.41, 5.74) is 2.88. The summed E-state index contributed by atoms with van der Waals surface area (Å²) in [6.07, 6.45) is 8.70. The predicted molar refractivity (Wildman–Crippen MR) is 148 cm³/mol. The van der Waals surface area contributed by atoms with Gasteiger partial charge in [0.15, 0.2) is 0 Å². The minimum atomic E-state index is -1.50. The molecular formula is C25H26Cl2N6O9. The molecule has 1 aliphatic heterocycles. The van der Waals surface area contributed by atoms with Crippen LogP contribution < -0.4 is 4.74 Å². The Morgan fingerprint density at radius 3 is 2.38 bits per heavy atom. The molecule has 0 bridgehead atoms. The van der Waals surface area contributed by atoms with Gasteiger partial charge >= 0.3 is 0 Å². The molecule has 0 unspecified atom stereocenters. The third kappa shape index (κ3) is 9.04. The molecule has 0 amide bonds.